The van der Waals surface area contributed by atoms with Gasteiger partial charge in [0.15, 0.2) is 0 Å². The summed E-state index contributed by atoms with van der Waals surface area (Å²) in [4.78, 5) is 14.5. The van der Waals surface area contributed by atoms with Crippen LogP contribution in [0.5, 0.6) is 0 Å². The normalized spacial score (nSPS) is 21.9. The molecule has 0 saturated carbocycles. The monoisotopic (exact) mass is 282 g/mol. The first-order valence-electron chi connectivity index (χ1n) is 8.56. The van der Waals surface area contributed by atoms with Crippen molar-refractivity contribution in [3.05, 3.63) is 0 Å². The summed E-state index contributed by atoms with van der Waals surface area (Å²) < 4.78 is 0. The van der Waals surface area contributed by atoms with Crippen LogP contribution in [0.15, 0.2) is 0 Å². The summed E-state index contributed by atoms with van der Waals surface area (Å²) in [5.41, 5.74) is 5.62. The van der Waals surface area contributed by atoms with Crippen LogP contribution in [0.25, 0.3) is 0 Å². The number of likely N-dealkylation sites (tertiary alicyclic amines) is 1. The molecule has 3 heteroatoms. The van der Waals surface area contributed by atoms with Gasteiger partial charge in [-0.25, -0.2) is 0 Å². The van der Waals surface area contributed by atoms with E-state index in [0.29, 0.717) is 18.2 Å². The average Bonchev–Trinajstić information content (AvgIpc) is 2.69. The summed E-state index contributed by atoms with van der Waals surface area (Å²) in [6, 6.07) is 0. The van der Waals surface area contributed by atoms with Gasteiger partial charge in [-0.3, -0.25) is 4.79 Å². The molecule has 0 aromatic carbocycles. The van der Waals surface area contributed by atoms with E-state index in [-0.39, 0.29) is 0 Å². The Morgan fingerprint density at radius 1 is 1.25 bits per heavy atom. The molecule has 1 heterocycles. The predicted octanol–water partition coefficient (Wildman–Crippen LogP) is 3.43. The SMILES string of the molecule is CCC(CCN)CCC(=O)N1CCCC(C(C)C)CC1. The van der Waals surface area contributed by atoms with Gasteiger partial charge in [-0.15, -0.1) is 0 Å². The highest BCUT2D eigenvalue weighted by Gasteiger charge is 2.22. The van der Waals surface area contributed by atoms with Gasteiger partial charge in [-0.05, 0) is 56.4 Å². The van der Waals surface area contributed by atoms with E-state index < -0.39 is 0 Å². The van der Waals surface area contributed by atoms with E-state index in [1.807, 2.05) is 0 Å². The maximum absolute atomic E-state index is 12.3. The third-order valence-electron chi connectivity index (χ3n) is 4.99. The summed E-state index contributed by atoms with van der Waals surface area (Å²) in [5.74, 6) is 2.54. The molecule has 1 fully saturated rings. The zero-order chi connectivity index (χ0) is 15.0. The molecule has 1 amide bonds. The third kappa shape index (κ3) is 5.82. The van der Waals surface area contributed by atoms with Crippen molar-refractivity contribution in [3.63, 3.8) is 0 Å². The maximum atomic E-state index is 12.3. The first-order chi connectivity index (χ1) is 9.58. The Morgan fingerprint density at radius 3 is 2.60 bits per heavy atom. The van der Waals surface area contributed by atoms with E-state index in [1.165, 1.54) is 19.3 Å². The summed E-state index contributed by atoms with van der Waals surface area (Å²) in [6.45, 7) is 9.49. The molecule has 1 aliphatic heterocycles. The first kappa shape index (κ1) is 17.5. The van der Waals surface area contributed by atoms with Gasteiger partial charge in [-0.2, -0.15) is 0 Å². The Kier molecular flexibility index (Phi) is 8.20. The standard InChI is InChI=1S/C17H34N2O/c1-4-15(9-11-18)7-8-17(20)19-12-5-6-16(10-13-19)14(2)3/h14-16H,4-13,18H2,1-3H3. The number of carbonyl (C=O) groups excluding carboxylic acids is 1. The molecule has 2 N–H and O–H groups in total. The molecule has 3 nitrogen and oxygen atoms in total. The Morgan fingerprint density at radius 2 is 2.00 bits per heavy atom. The predicted molar refractivity (Wildman–Crippen MR) is 85.4 cm³/mol. The van der Waals surface area contributed by atoms with Crippen LogP contribution >= 0.6 is 0 Å². The van der Waals surface area contributed by atoms with Gasteiger partial charge in [0.25, 0.3) is 0 Å². The van der Waals surface area contributed by atoms with Crippen molar-refractivity contribution in [2.45, 2.75) is 65.7 Å². The molecule has 0 aromatic rings. The zero-order valence-corrected chi connectivity index (χ0v) is 13.7. The van der Waals surface area contributed by atoms with Crippen LogP contribution in [0.2, 0.25) is 0 Å². The second kappa shape index (κ2) is 9.38. The Labute approximate surface area is 125 Å². The number of hydrogen-bond acceptors (Lipinski definition) is 2. The van der Waals surface area contributed by atoms with Crippen molar-refractivity contribution in [3.8, 4) is 0 Å². The Balaban J connectivity index is 2.36. The summed E-state index contributed by atoms with van der Waals surface area (Å²) in [5, 5.41) is 0. The summed E-state index contributed by atoms with van der Waals surface area (Å²) in [7, 11) is 0. The fraction of sp³-hybridized carbons (Fsp3) is 0.941. The van der Waals surface area contributed by atoms with Crippen LogP contribution < -0.4 is 5.73 Å². The molecule has 0 radical (unpaired) electrons. The van der Waals surface area contributed by atoms with Crippen molar-refractivity contribution in [1.82, 2.24) is 4.90 Å². The number of rotatable bonds is 7. The molecule has 118 valence electrons. The zero-order valence-electron chi connectivity index (χ0n) is 13.7. The molecule has 0 aromatic heterocycles. The molecule has 20 heavy (non-hydrogen) atoms. The van der Waals surface area contributed by atoms with Crippen molar-refractivity contribution in [2.75, 3.05) is 19.6 Å². The quantitative estimate of drug-likeness (QED) is 0.777. The highest BCUT2D eigenvalue weighted by atomic mass is 16.2. The fourth-order valence-electron chi connectivity index (χ4n) is 3.31. The lowest BCUT2D eigenvalue weighted by atomic mass is 9.89. The topological polar surface area (TPSA) is 46.3 Å². The second-order valence-electron chi connectivity index (χ2n) is 6.71. The molecule has 1 rings (SSSR count). The van der Waals surface area contributed by atoms with Crippen molar-refractivity contribution >= 4 is 5.91 Å². The number of carbonyl (C=O) groups is 1. The lowest BCUT2D eigenvalue weighted by molar-refractivity contribution is -0.131. The molecular formula is C17H34N2O. The molecule has 0 spiro atoms. The van der Waals surface area contributed by atoms with E-state index in [9.17, 15) is 4.79 Å². The van der Waals surface area contributed by atoms with Gasteiger partial charge < -0.3 is 10.6 Å². The van der Waals surface area contributed by atoms with Crippen LogP contribution in [0.3, 0.4) is 0 Å². The van der Waals surface area contributed by atoms with Crippen molar-refractivity contribution in [1.29, 1.82) is 0 Å². The number of nitrogens with zero attached hydrogens (tertiary/aromatic N) is 1. The van der Waals surface area contributed by atoms with Gasteiger partial charge in [-0.1, -0.05) is 27.2 Å². The van der Waals surface area contributed by atoms with E-state index >= 15 is 0 Å². The van der Waals surface area contributed by atoms with E-state index in [4.69, 9.17) is 5.73 Å². The smallest absolute Gasteiger partial charge is 0.222 e. The fourth-order valence-corrected chi connectivity index (χ4v) is 3.31. The maximum Gasteiger partial charge on any atom is 0.222 e. The molecule has 0 aliphatic carbocycles. The minimum absolute atomic E-state index is 0.366. The van der Waals surface area contributed by atoms with Gasteiger partial charge in [0.1, 0.15) is 0 Å². The van der Waals surface area contributed by atoms with Crippen LogP contribution in [0.1, 0.15) is 65.7 Å². The van der Waals surface area contributed by atoms with Crippen LogP contribution in [0.4, 0.5) is 0 Å². The molecule has 2 unspecified atom stereocenters. The van der Waals surface area contributed by atoms with E-state index in [0.717, 1.165) is 50.7 Å². The average molecular weight is 282 g/mol. The molecular weight excluding hydrogens is 248 g/mol. The minimum atomic E-state index is 0.366. The summed E-state index contributed by atoms with van der Waals surface area (Å²) >= 11 is 0. The third-order valence-corrected chi connectivity index (χ3v) is 4.99. The van der Waals surface area contributed by atoms with Crippen LogP contribution in [-0.2, 0) is 4.79 Å². The van der Waals surface area contributed by atoms with Gasteiger partial charge >= 0.3 is 0 Å². The lowest BCUT2D eigenvalue weighted by Crippen LogP contribution is -2.32. The van der Waals surface area contributed by atoms with Crippen molar-refractivity contribution in [2.24, 2.45) is 23.5 Å². The van der Waals surface area contributed by atoms with Crippen LogP contribution in [0, 0.1) is 17.8 Å². The number of hydrogen-bond donors (Lipinski definition) is 1. The largest absolute Gasteiger partial charge is 0.343 e. The second-order valence-corrected chi connectivity index (χ2v) is 6.71. The highest BCUT2D eigenvalue weighted by molar-refractivity contribution is 5.76. The van der Waals surface area contributed by atoms with Gasteiger partial charge in [0, 0.05) is 19.5 Å². The molecule has 1 saturated heterocycles. The van der Waals surface area contributed by atoms with Gasteiger partial charge in [0.2, 0.25) is 5.91 Å². The summed E-state index contributed by atoms with van der Waals surface area (Å²) in [6.07, 6.45) is 7.56. The lowest BCUT2D eigenvalue weighted by Gasteiger charge is -2.22. The minimum Gasteiger partial charge on any atom is -0.343 e. The number of amides is 1. The van der Waals surface area contributed by atoms with E-state index in [1.54, 1.807) is 0 Å². The van der Waals surface area contributed by atoms with Crippen LogP contribution in [-0.4, -0.2) is 30.4 Å². The highest BCUT2D eigenvalue weighted by Crippen LogP contribution is 2.25. The van der Waals surface area contributed by atoms with E-state index in [2.05, 4.69) is 25.7 Å². The Hall–Kier alpha value is -0.570. The molecule has 1 aliphatic rings. The Bertz CT molecular complexity index is 278. The molecule has 2 atom stereocenters. The number of nitrogens with two attached hydrogens (primary N) is 1. The van der Waals surface area contributed by atoms with Crippen molar-refractivity contribution < 1.29 is 4.79 Å². The molecule has 0 bridgehead atoms. The first-order valence-corrected chi connectivity index (χ1v) is 8.56. The van der Waals surface area contributed by atoms with Gasteiger partial charge in [0.05, 0.1) is 0 Å².